The number of para-hydroxylation sites is 1. The van der Waals surface area contributed by atoms with Crippen LogP contribution in [0.25, 0.3) is 0 Å². The second-order valence-corrected chi connectivity index (χ2v) is 3.76. The van der Waals surface area contributed by atoms with Crippen molar-refractivity contribution in [2.75, 3.05) is 5.32 Å². The van der Waals surface area contributed by atoms with E-state index in [0.29, 0.717) is 0 Å². The van der Waals surface area contributed by atoms with Gasteiger partial charge in [0, 0.05) is 11.4 Å². The van der Waals surface area contributed by atoms with Crippen LogP contribution in [-0.4, -0.2) is 11.1 Å². The zero-order valence-electron chi connectivity index (χ0n) is 9.26. The average Bonchev–Trinajstić information content (AvgIpc) is 2.32. The van der Waals surface area contributed by atoms with E-state index in [0.717, 1.165) is 16.9 Å². The molecule has 2 rings (SSSR count). The van der Waals surface area contributed by atoms with E-state index in [1.165, 1.54) is 0 Å². The van der Waals surface area contributed by atoms with Gasteiger partial charge in [-0.2, -0.15) is 0 Å². The molecular formula is C14H13NO2. The van der Waals surface area contributed by atoms with E-state index in [2.05, 4.69) is 5.32 Å². The van der Waals surface area contributed by atoms with Gasteiger partial charge in [0.25, 0.3) is 0 Å². The molecule has 0 amide bonds. The van der Waals surface area contributed by atoms with Crippen molar-refractivity contribution in [3.63, 3.8) is 0 Å². The molecule has 0 saturated heterocycles. The highest BCUT2D eigenvalue weighted by Gasteiger charge is 2.00. The molecule has 0 atom stereocenters. The lowest BCUT2D eigenvalue weighted by atomic mass is 10.1. The average molecular weight is 227 g/mol. The Kier molecular flexibility index (Phi) is 3.40. The molecule has 3 nitrogen and oxygen atoms in total. The largest absolute Gasteiger partial charge is 0.481 e. The smallest absolute Gasteiger partial charge is 0.307 e. The molecule has 0 fully saturated rings. The highest BCUT2D eigenvalue weighted by atomic mass is 16.4. The second-order valence-electron chi connectivity index (χ2n) is 3.76. The van der Waals surface area contributed by atoms with E-state index in [9.17, 15) is 4.79 Å². The minimum absolute atomic E-state index is 0.0611. The summed E-state index contributed by atoms with van der Waals surface area (Å²) in [7, 11) is 0. The lowest BCUT2D eigenvalue weighted by Gasteiger charge is -2.06. The van der Waals surface area contributed by atoms with Gasteiger partial charge in [0.2, 0.25) is 0 Å². The Morgan fingerprint density at radius 3 is 2.12 bits per heavy atom. The third-order valence-corrected chi connectivity index (χ3v) is 2.37. The van der Waals surface area contributed by atoms with Crippen LogP contribution in [0.2, 0.25) is 0 Å². The molecule has 0 aliphatic rings. The van der Waals surface area contributed by atoms with Crippen molar-refractivity contribution < 1.29 is 9.90 Å². The summed E-state index contributed by atoms with van der Waals surface area (Å²) in [6, 6.07) is 17.2. The van der Waals surface area contributed by atoms with Crippen molar-refractivity contribution in [2.24, 2.45) is 0 Å². The Morgan fingerprint density at radius 1 is 0.941 bits per heavy atom. The Balaban J connectivity index is 2.06. The summed E-state index contributed by atoms with van der Waals surface area (Å²) in [5, 5.41) is 11.9. The highest BCUT2D eigenvalue weighted by Crippen LogP contribution is 2.16. The zero-order valence-corrected chi connectivity index (χ0v) is 9.26. The Labute approximate surface area is 99.7 Å². The van der Waals surface area contributed by atoms with E-state index >= 15 is 0 Å². The first-order valence-corrected chi connectivity index (χ1v) is 5.37. The first kappa shape index (κ1) is 11.2. The number of carbonyl (C=O) groups is 1. The van der Waals surface area contributed by atoms with Crippen molar-refractivity contribution in [3.8, 4) is 0 Å². The normalized spacial score (nSPS) is 9.88. The molecule has 0 aliphatic heterocycles. The molecule has 86 valence electrons. The summed E-state index contributed by atoms with van der Waals surface area (Å²) in [4.78, 5) is 10.5. The van der Waals surface area contributed by atoms with Gasteiger partial charge < -0.3 is 10.4 Å². The van der Waals surface area contributed by atoms with Gasteiger partial charge in [0.1, 0.15) is 0 Å². The summed E-state index contributed by atoms with van der Waals surface area (Å²) in [6.07, 6.45) is 0.0611. The van der Waals surface area contributed by atoms with Crippen LogP contribution in [0, 0.1) is 0 Å². The molecule has 2 N–H and O–H groups in total. The monoisotopic (exact) mass is 227 g/mol. The minimum Gasteiger partial charge on any atom is -0.481 e. The Hall–Kier alpha value is -2.29. The van der Waals surface area contributed by atoms with Gasteiger partial charge in [-0.25, -0.2) is 0 Å². The predicted octanol–water partition coefficient (Wildman–Crippen LogP) is 3.06. The number of aliphatic carboxylic acids is 1. The van der Waals surface area contributed by atoms with Crippen LogP contribution in [-0.2, 0) is 11.2 Å². The fourth-order valence-corrected chi connectivity index (χ4v) is 1.57. The van der Waals surface area contributed by atoms with Crippen LogP contribution in [0.15, 0.2) is 54.6 Å². The first-order chi connectivity index (χ1) is 8.24. The molecule has 17 heavy (non-hydrogen) atoms. The van der Waals surface area contributed by atoms with Gasteiger partial charge >= 0.3 is 5.97 Å². The second kappa shape index (κ2) is 5.16. The quantitative estimate of drug-likeness (QED) is 0.844. The summed E-state index contributed by atoms with van der Waals surface area (Å²) < 4.78 is 0. The fourth-order valence-electron chi connectivity index (χ4n) is 1.57. The first-order valence-electron chi connectivity index (χ1n) is 5.37. The Bertz CT molecular complexity index is 491. The molecule has 2 aromatic rings. The van der Waals surface area contributed by atoms with Gasteiger partial charge in [-0.3, -0.25) is 4.79 Å². The highest BCUT2D eigenvalue weighted by molar-refractivity contribution is 5.70. The maximum atomic E-state index is 10.5. The van der Waals surface area contributed by atoms with Crippen LogP contribution in [0.3, 0.4) is 0 Å². The number of hydrogen-bond acceptors (Lipinski definition) is 2. The number of nitrogens with one attached hydrogen (secondary N) is 1. The molecule has 0 aromatic heterocycles. The van der Waals surface area contributed by atoms with Crippen molar-refractivity contribution in [2.45, 2.75) is 6.42 Å². The van der Waals surface area contributed by atoms with E-state index < -0.39 is 5.97 Å². The summed E-state index contributed by atoms with van der Waals surface area (Å²) in [5.41, 5.74) is 2.76. The van der Waals surface area contributed by atoms with E-state index in [-0.39, 0.29) is 6.42 Å². The molecule has 0 saturated carbocycles. The van der Waals surface area contributed by atoms with Gasteiger partial charge in [-0.05, 0) is 29.8 Å². The Morgan fingerprint density at radius 2 is 1.53 bits per heavy atom. The molecule has 0 bridgehead atoms. The maximum Gasteiger partial charge on any atom is 0.307 e. The number of rotatable bonds is 4. The van der Waals surface area contributed by atoms with Gasteiger partial charge in [0.05, 0.1) is 6.42 Å². The van der Waals surface area contributed by atoms with Crippen LogP contribution in [0.1, 0.15) is 5.56 Å². The molecule has 2 aromatic carbocycles. The third-order valence-electron chi connectivity index (χ3n) is 2.37. The predicted molar refractivity (Wildman–Crippen MR) is 67.5 cm³/mol. The lowest BCUT2D eigenvalue weighted by Crippen LogP contribution is -1.99. The topological polar surface area (TPSA) is 49.3 Å². The number of carboxylic acids is 1. The fraction of sp³-hybridized carbons (Fsp3) is 0.0714. The lowest BCUT2D eigenvalue weighted by molar-refractivity contribution is -0.136. The van der Waals surface area contributed by atoms with Crippen molar-refractivity contribution in [3.05, 3.63) is 60.2 Å². The third kappa shape index (κ3) is 3.34. The van der Waals surface area contributed by atoms with Crippen molar-refractivity contribution in [1.29, 1.82) is 0 Å². The SMILES string of the molecule is O=C(O)Cc1ccc(Nc2ccccc2)cc1. The van der Waals surface area contributed by atoms with Gasteiger partial charge in [-0.1, -0.05) is 30.3 Å². The maximum absolute atomic E-state index is 10.5. The van der Waals surface area contributed by atoms with Crippen LogP contribution < -0.4 is 5.32 Å². The summed E-state index contributed by atoms with van der Waals surface area (Å²) in [5.74, 6) is -0.811. The van der Waals surface area contributed by atoms with E-state index in [4.69, 9.17) is 5.11 Å². The number of carboxylic acid groups (broad SMARTS) is 1. The van der Waals surface area contributed by atoms with Gasteiger partial charge in [0.15, 0.2) is 0 Å². The number of hydrogen-bond donors (Lipinski definition) is 2. The summed E-state index contributed by atoms with van der Waals surface area (Å²) in [6.45, 7) is 0. The molecule has 3 heteroatoms. The molecule has 0 radical (unpaired) electrons. The molecule has 0 heterocycles. The molecule has 0 unspecified atom stereocenters. The van der Waals surface area contributed by atoms with Crippen LogP contribution in [0.4, 0.5) is 11.4 Å². The van der Waals surface area contributed by atoms with Crippen molar-refractivity contribution >= 4 is 17.3 Å². The van der Waals surface area contributed by atoms with Gasteiger partial charge in [-0.15, -0.1) is 0 Å². The minimum atomic E-state index is -0.811. The molecule has 0 spiro atoms. The van der Waals surface area contributed by atoms with E-state index in [1.54, 1.807) is 0 Å². The van der Waals surface area contributed by atoms with Crippen LogP contribution >= 0.6 is 0 Å². The number of anilines is 2. The van der Waals surface area contributed by atoms with E-state index in [1.807, 2.05) is 54.6 Å². The number of benzene rings is 2. The molecular weight excluding hydrogens is 214 g/mol. The van der Waals surface area contributed by atoms with Crippen LogP contribution in [0.5, 0.6) is 0 Å². The zero-order chi connectivity index (χ0) is 12.1. The standard InChI is InChI=1S/C14H13NO2/c16-14(17)10-11-6-8-13(9-7-11)15-12-4-2-1-3-5-12/h1-9,15H,10H2,(H,16,17). The molecule has 0 aliphatic carbocycles. The summed E-state index contributed by atoms with van der Waals surface area (Å²) >= 11 is 0. The van der Waals surface area contributed by atoms with Crippen molar-refractivity contribution in [1.82, 2.24) is 0 Å².